The number of alkyl halides is 1. The van der Waals surface area contributed by atoms with Gasteiger partial charge in [0.1, 0.15) is 0 Å². The van der Waals surface area contributed by atoms with Crippen molar-refractivity contribution in [1.82, 2.24) is 19.7 Å². The molecule has 28 heavy (non-hydrogen) atoms. The van der Waals surface area contributed by atoms with Crippen molar-refractivity contribution >= 4 is 33.2 Å². The lowest BCUT2D eigenvalue weighted by atomic mass is 9.79. The monoisotopic (exact) mass is 431 g/mol. The predicted octanol–water partition coefficient (Wildman–Crippen LogP) is 0.0414. The molecule has 1 aliphatic carbocycles. The van der Waals surface area contributed by atoms with Crippen molar-refractivity contribution < 1.29 is 13.2 Å². The highest BCUT2D eigenvalue weighted by Gasteiger charge is 2.49. The fourth-order valence-electron chi connectivity index (χ4n) is 3.97. The quantitative estimate of drug-likeness (QED) is 0.448. The molecule has 0 spiro atoms. The van der Waals surface area contributed by atoms with Crippen molar-refractivity contribution in [3.05, 3.63) is 28.7 Å². The summed E-state index contributed by atoms with van der Waals surface area (Å²) in [5, 5.41) is 1.90. The van der Waals surface area contributed by atoms with Crippen LogP contribution >= 0.6 is 11.6 Å². The molecule has 5 atom stereocenters. The first-order chi connectivity index (χ1) is 13.1. The molecule has 1 aromatic heterocycles. The predicted molar refractivity (Wildman–Crippen MR) is 107 cm³/mol. The molecule has 11 heteroatoms. The smallest absolute Gasteiger partial charge is 0.252 e. The summed E-state index contributed by atoms with van der Waals surface area (Å²) in [5.74, 6) is -0.285. The summed E-state index contributed by atoms with van der Waals surface area (Å²) < 4.78 is 28.7. The SMILES string of the molecule is CC1CC2C(Cl)NNC2C(S(=O)(=O)N(C)CC(=O)Nc2ccn(C)c(=O)c2)C1. The Morgan fingerprint density at radius 1 is 1.39 bits per heavy atom. The van der Waals surface area contributed by atoms with E-state index in [1.54, 1.807) is 13.1 Å². The van der Waals surface area contributed by atoms with E-state index >= 15 is 0 Å². The zero-order valence-corrected chi connectivity index (χ0v) is 17.6. The summed E-state index contributed by atoms with van der Waals surface area (Å²) in [7, 11) is -0.731. The number of likely N-dealkylation sites (N-methyl/N-ethyl adjacent to an activating group) is 1. The van der Waals surface area contributed by atoms with Crippen LogP contribution in [0.3, 0.4) is 0 Å². The van der Waals surface area contributed by atoms with Gasteiger partial charge in [-0.1, -0.05) is 6.92 Å². The van der Waals surface area contributed by atoms with Gasteiger partial charge in [-0.2, -0.15) is 4.31 Å². The first-order valence-corrected chi connectivity index (χ1v) is 11.1. The van der Waals surface area contributed by atoms with Crippen LogP contribution < -0.4 is 21.7 Å². The highest BCUT2D eigenvalue weighted by molar-refractivity contribution is 7.89. The standard InChI is InChI=1S/C17H26ClN5O4S/c1-10-6-12-16(20-21-17(12)18)13(7-10)28(26,27)23(3)9-14(24)19-11-4-5-22(2)15(25)8-11/h4-5,8,10,12-13,16-17,20-21H,6-7,9H2,1-3H3,(H,19,24). The molecule has 9 nitrogen and oxygen atoms in total. The second-order valence-electron chi connectivity index (χ2n) is 7.71. The summed E-state index contributed by atoms with van der Waals surface area (Å²) >= 11 is 6.27. The maximum Gasteiger partial charge on any atom is 0.252 e. The number of anilines is 1. The third kappa shape index (κ3) is 4.25. The number of aromatic nitrogens is 1. The Balaban J connectivity index is 1.69. The molecular formula is C17H26ClN5O4S. The average molecular weight is 432 g/mol. The number of amides is 1. The zero-order chi connectivity index (χ0) is 20.6. The van der Waals surface area contributed by atoms with E-state index in [2.05, 4.69) is 16.2 Å². The molecule has 3 rings (SSSR count). The highest BCUT2D eigenvalue weighted by atomic mass is 35.5. The molecule has 156 valence electrons. The lowest BCUT2D eigenvalue weighted by Crippen LogP contribution is -2.54. The number of carbonyl (C=O) groups excluding carboxylic acids is 1. The maximum absolute atomic E-state index is 13.1. The van der Waals surface area contributed by atoms with Crippen LogP contribution in [-0.4, -0.2) is 53.6 Å². The van der Waals surface area contributed by atoms with Crippen molar-refractivity contribution in [1.29, 1.82) is 0 Å². The molecule has 3 N–H and O–H groups in total. The number of hydrogen-bond acceptors (Lipinski definition) is 6. The Bertz CT molecular complexity index is 905. The van der Waals surface area contributed by atoms with Gasteiger partial charge in [0.2, 0.25) is 15.9 Å². The van der Waals surface area contributed by atoms with Crippen molar-refractivity contribution in [2.24, 2.45) is 18.9 Å². The number of halogens is 1. The number of carbonyl (C=O) groups is 1. The topological polar surface area (TPSA) is 113 Å². The molecule has 0 bridgehead atoms. The summed E-state index contributed by atoms with van der Waals surface area (Å²) in [6.45, 7) is 1.68. The molecule has 1 aliphatic heterocycles. The van der Waals surface area contributed by atoms with Crippen LogP contribution in [-0.2, 0) is 21.9 Å². The maximum atomic E-state index is 13.1. The summed E-state index contributed by atoms with van der Waals surface area (Å²) in [5.41, 5.74) is 5.69. The second kappa shape index (κ2) is 8.11. The lowest BCUT2D eigenvalue weighted by molar-refractivity contribution is -0.116. The normalized spacial score (nSPS) is 30.2. The van der Waals surface area contributed by atoms with Crippen LogP contribution in [0.4, 0.5) is 5.69 Å². The summed E-state index contributed by atoms with van der Waals surface area (Å²) in [6.07, 6.45) is 2.88. The van der Waals surface area contributed by atoms with Gasteiger partial charge in [-0.25, -0.2) is 13.8 Å². The molecular weight excluding hydrogens is 406 g/mol. The van der Waals surface area contributed by atoms with E-state index < -0.39 is 21.2 Å². The van der Waals surface area contributed by atoms with E-state index in [9.17, 15) is 18.0 Å². The van der Waals surface area contributed by atoms with Gasteiger partial charge in [0, 0.05) is 44.0 Å². The fourth-order valence-corrected chi connectivity index (χ4v) is 6.26. The van der Waals surface area contributed by atoms with Crippen LogP contribution in [0.2, 0.25) is 0 Å². The van der Waals surface area contributed by atoms with Gasteiger partial charge in [0.25, 0.3) is 5.56 Å². The number of rotatable bonds is 5. The summed E-state index contributed by atoms with van der Waals surface area (Å²) in [6, 6.07) is 2.57. The molecule has 0 radical (unpaired) electrons. The number of aryl methyl sites for hydroxylation is 1. The Hall–Kier alpha value is -1.46. The number of nitrogens with zero attached hydrogens (tertiary/aromatic N) is 2. The van der Waals surface area contributed by atoms with E-state index in [0.717, 1.165) is 10.7 Å². The molecule has 2 aliphatic rings. The third-order valence-corrected chi connectivity index (χ3v) is 8.19. The van der Waals surface area contributed by atoms with Crippen molar-refractivity contribution in [2.45, 2.75) is 36.6 Å². The number of nitrogens with one attached hydrogen (secondary N) is 3. The first kappa shape index (κ1) is 21.3. The Labute approximate surface area is 169 Å². The highest BCUT2D eigenvalue weighted by Crippen LogP contribution is 2.38. The van der Waals surface area contributed by atoms with Gasteiger partial charge in [-0.15, -0.1) is 11.6 Å². The second-order valence-corrected chi connectivity index (χ2v) is 10.4. The Morgan fingerprint density at radius 2 is 2.11 bits per heavy atom. The van der Waals surface area contributed by atoms with E-state index in [0.29, 0.717) is 12.1 Å². The van der Waals surface area contributed by atoms with Gasteiger partial charge >= 0.3 is 0 Å². The minimum absolute atomic E-state index is 0.00736. The van der Waals surface area contributed by atoms with Crippen molar-refractivity contribution in [3.63, 3.8) is 0 Å². The Kier molecular flexibility index (Phi) is 6.16. The largest absolute Gasteiger partial charge is 0.325 e. The Morgan fingerprint density at radius 3 is 2.79 bits per heavy atom. The van der Waals surface area contributed by atoms with Gasteiger partial charge in [-0.3, -0.25) is 15.0 Å². The molecule has 1 aromatic rings. The van der Waals surface area contributed by atoms with Crippen molar-refractivity contribution in [2.75, 3.05) is 18.9 Å². The van der Waals surface area contributed by atoms with Crippen LogP contribution in [0.5, 0.6) is 0 Å². The number of hydrogen-bond donors (Lipinski definition) is 3. The molecule has 1 amide bonds. The number of sulfonamides is 1. The fraction of sp³-hybridized carbons (Fsp3) is 0.647. The summed E-state index contributed by atoms with van der Waals surface area (Å²) in [4.78, 5) is 24.0. The molecule has 1 saturated carbocycles. The van der Waals surface area contributed by atoms with Crippen molar-refractivity contribution in [3.8, 4) is 0 Å². The van der Waals surface area contributed by atoms with Gasteiger partial charge in [-0.05, 0) is 24.8 Å². The third-order valence-electron chi connectivity index (χ3n) is 5.51. The zero-order valence-electron chi connectivity index (χ0n) is 16.1. The minimum atomic E-state index is -3.73. The van der Waals surface area contributed by atoms with Crippen LogP contribution in [0.15, 0.2) is 23.1 Å². The van der Waals surface area contributed by atoms with Gasteiger partial charge < -0.3 is 9.88 Å². The van der Waals surface area contributed by atoms with Crippen LogP contribution in [0.25, 0.3) is 0 Å². The van der Waals surface area contributed by atoms with E-state index in [1.807, 2.05) is 6.92 Å². The first-order valence-electron chi connectivity index (χ1n) is 9.16. The van der Waals surface area contributed by atoms with Gasteiger partial charge in [0.05, 0.1) is 17.3 Å². The van der Waals surface area contributed by atoms with E-state index in [1.165, 1.54) is 23.9 Å². The number of pyridine rings is 1. The molecule has 5 unspecified atom stereocenters. The minimum Gasteiger partial charge on any atom is -0.325 e. The van der Waals surface area contributed by atoms with Crippen LogP contribution in [0, 0.1) is 11.8 Å². The number of hydrazine groups is 1. The molecule has 0 aromatic carbocycles. The number of fused-ring (bicyclic) bond motifs is 1. The van der Waals surface area contributed by atoms with E-state index in [4.69, 9.17) is 11.6 Å². The van der Waals surface area contributed by atoms with Crippen LogP contribution in [0.1, 0.15) is 19.8 Å². The molecule has 2 fully saturated rings. The van der Waals surface area contributed by atoms with Gasteiger partial charge in [0.15, 0.2) is 0 Å². The van der Waals surface area contributed by atoms with E-state index in [-0.39, 0.29) is 35.5 Å². The lowest BCUT2D eigenvalue weighted by Gasteiger charge is -2.38. The average Bonchev–Trinajstić information content (AvgIpc) is 2.98. The molecule has 2 heterocycles. The molecule has 1 saturated heterocycles.